The molecular weight excluding hydrogens is 628 g/mol. The summed E-state index contributed by atoms with van der Waals surface area (Å²) < 4.78 is 37.2. The van der Waals surface area contributed by atoms with Crippen molar-refractivity contribution in [3.05, 3.63) is 95.1 Å². The van der Waals surface area contributed by atoms with Crippen LogP contribution in [-0.4, -0.2) is 65.4 Å². The molecule has 1 saturated carbocycles. The number of rotatable bonds is 9. The second-order valence-corrected chi connectivity index (χ2v) is 14.2. The summed E-state index contributed by atoms with van der Waals surface area (Å²) in [6, 6.07) is 14.7. The largest absolute Gasteiger partial charge is 0.493 e. The molecule has 3 bridgehead atoms. The highest BCUT2D eigenvalue weighted by Gasteiger charge is 2.79. The summed E-state index contributed by atoms with van der Waals surface area (Å²) in [5, 5.41) is 12.4. The first-order valence-corrected chi connectivity index (χ1v) is 16.7. The van der Waals surface area contributed by atoms with E-state index in [9.17, 15) is 19.5 Å². The van der Waals surface area contributed by atoms with Gasteiger partial charge in [-0.3, -0.25) is 14.4 Å². The smallest absolute Gasteiger partial charge is 0.310 e. The number of ketones is 1. The SMILES string of the molecule is C=C(C)[C@]12C[C@@H](C)C34O[C@@](Cc5ccccc5)(O[C@@H]1[C@@H]3C=C(COC(=O)Cc1ccc(OC(C)=O)c(OC)c1)C[C@]1(O)C(=O)C(C)=C[C@@H]41)O2. The maximum atomic E-state index is 13.8. The Morgan fingerprint density at radius 2 is 1.80 bits per heavy atom. The first-order valence-electron chi connectivity index (χ1n) is 16.7. The van der Waals surface area contributed by atoms with Crippen molar-refractivity contribution in [1.82, 2.24) is 0 Å². The molecule has 49 heavy (non-hydrogen) atoms. The molecule has 1 N–H and O–H groups in total. The lowest BCUT2D eigenvalue weighted by atomic mass is 9.55. The third kappa shape index (κ3) is 5.19. The monoisotopic (exact) mass is 670 g/mol. The molecule has 2 aliphatic heterocycles. The van der Waals surface area contributed by atoms with Gasteiger partial charge in [-0.1, -0.05) is 62.1 Å². The number of carbonyl (C=O) groups is 3. The zero-order chi connectivity index (χ0) is 34.9. The maximum absolute atomic E-state index is 13.8. The fraction of sp³-hybridized carbons (Fsp3) is 0.462. The number of Topliss-reactive ketones (excluding diaryl/α,β-unsaturated/α-hetero) is 1. The average Bonchev–Trinajstić information content (AvgIpc) is 3.36. The van der Waals surface area contributed by atoms with Crippen molar-refractivity contribution in [3.63, 3.8) is 0 Å². The lowest BCUT2D eigenvalue weighted by Gasteiger charge is -2.59. The van der Waals surface area contributed by atoms with Crippen LogP contribution in [0, 0.1) is 17.8 Å². The molecule has 0 amide bonds. The summed E-state index contributed by atoms with van der Waals surface area (Å²) in [4.78, 5) is 38.5. The van der Waals surface area contributed by atoms with Gasteiger partial charge in [-0.2, -0.15) is 0 Å². The van der Waals surface area contributed by atoms with Crippen LogP contribution in [0.25, 0.3) is 0 Å². The molecule has 3 fully saturated rings. The predicted molar refractivity (Wildman–Crippen MR) is 176 cm³/mol. The van der Waals surface area contributed by atoms with Gasteiger partial charge in [0.05, 0.1) is 25.6 Å². The molecule has 0 spiro atoms. The van der Waals surface area contributed by atoms with Gasteiger partial charge in [-0.15, -0.1) is 0 Å². The van der Waals surface area contributed by atoms with Crippen LogP contribution in [-0.2, 0) is 46.2 Å². The van der Waals surface area contributed by atoms with Crippen molar-refractivity contribution in [1.29, 1.82) is 0 Å². The Kier molecular flexibility index (Phi) is 8.02. The minimum absolute atomic E-state index is 0.0316. The fourth-order valence-electron chi connectivity index (χ4n) is 8.94. The van der Waals surface area contributed by atoms with E-state index in [4.69, 9.17) is 28.4 Å². The number of fused-ring (bicyclic) bond motifs is 2. The Balaban J connectivity index is 1.23. The number of hydrogen-bond donors (Lipinski definition) is 1. The third-order valence-electron chi connectivity index (χ3n) is 11.0. The van der Waals surface area contributed by atoms with Crippen molar-refractivity contribution in [2.24, 2.45) is 17.8 Å². The van der Waals surface area contributed by atoms with Crippen molar-refractivity contribution >= 4 is 17.7 Å². The average molecular weight is 671 g/mol. The fourth-order valence-corrected chi connectivity index (χ4v) is 8.94. The standard InChI is InChI=1S/C39H42O10/c1-22(2)37-18-24(4)39-29(35(37)47-38(48-37,49-39)20-26-10-8-7-9-11-26)15-28(19-36(43)32(39)14-23(3)34(36)42)21-45-33(41)17-27-12-13-30(46-25(5)40)31(16-27)44-6/h7-16,24,29,32,35,43H,1,17-21H2,2-6H3/t24-,29+,32-,35-,36-,37-,38+,39?/m1/s1. The third-order valence-corrected chi connectivity index (χ3v) is 11.0. The molecule has 10 nitrogen and oxygen atoms in total. The van der Waals surface area contributed by atoms with E-state index in [0.29, 0.717) is 35.3 Å². The number of aliphatic hydroxyl groups is 1. The molecule has 2 aromatic rings. The second kappa shape index (κ2) is 11.8. The summed E-state index contributed by atoms with van der Waals surface area (Å²) in [6.45, 7) is 11.2. The highest BCUT2D eigenvalue weighted by Crippen LogP contribution is 2.68. The van der Waals surface area contributed by atoms with Gasteiger partial charge >= 0.3 is 11.9 Å². The zero-order valence-electron chi connectivity index (χ0n) is 28.4. The molecule has 5 aliphatic rings. The van der Waals surface area contributed by atoms with Gasteiger partial charge < -0.3 is 33.5 Å². The van der Waals surface area contributed by atoms with Crippen LogP contribution in [0.5, 0.6) is 11.5 Å². The molecule has 0 radical (unpaired) electrons. The summed E-state index contributed by atoms with van der Waals surface area (Å²) in [6.07, 6.45) is 4.04. The Hall–Kier alpha value is -4.09. The number of methoxy groups -OCH3 is 1. The topological polar surface area (TPSA) is 127 Å². The Morgan fingerprint density at radius 3 is 2.49 bits per heavy atom. The number of hydrogen-bond acceptors (Lipinski definition) is 10. The van der Waals surface area contributed by atoms with Crippen LogP contribution in [0.15, 0.2) is 84.0 Å². The minimum atomic E-state index is -1.82. The molecule has 1 unspecified atom stereocenters. The highest BCUT2D eigenvalue weighted by atomic mass is 16.9. The van der Waals surface area contributed by atoms with E-state index in [-0.39, 0.29) is 36.9 Å². The minimum Gasteiger partial charge on any atom is -0.493 e. The molecule has 258 valence electrons. The van der Waals surface area contributed by atoms with Gasteiger partial charge in [0, 0.05) is 25.2 Å². The molecule has 10 heteroatoms. The van der Waals surface area contributed by atoms with E-state index in [1.807, 2.05) is 49.4 Å². The van der Waals surface area contributed by atoms with E-state index >= 15 is 0 Å². The van der Waals surface area contributed by atoms with E-state index < -0.39 is 52.7 Å². The van der Waals surface area contributed by atoms with E-state index in [2.05, 4.69) is 13.5 Å². The van der Waals surface area contributed by atoms with Crippen LogP contribution < -0.4 is 9.47 Å². The molecular formula is C39H42O10. The summed E-state index contributed by atoms with van der Waals surface area (Å²) in [5.74, 6) is -3.62. The van der Waals surface area contributed by atoms with Gasteiger partial charge in [0.25, 0.3) is 5.97 Å². The normalized spacial score (nSPS) is 35.4. The Morgan fingerprint density at radius 1 is 1.04 bits per heavy atom. The van der Waals surface area contributed by atoms with Crippen LogP contribution in [0.2, 0.25) is 0 Å². The number of esters is 2. The van der Waals surface area contributed by atoms with E-state index in [1.165, 1.54) is 14.0 Å². The van der Waals surface area contributed by atoms with Gasteiger partial charge in [0.1, 0.15) is 23.9 Å². The van der Waals surface area contributed by atoms with Crippen molar-refractivity contribution in [2.75, 3.05) is 13.7 Å². The van der Waals surface area contributed by atoms with E-state index in [0.717, 1.165) is 11.1 Å². The maximum Gasteiger partial charge on any atom is 0.310 e. The molecule has 2 heterocycles. The summed E-state index contributed by atoms with van der Waals surface area (Å²) in [5.41, 5.74) is -0.345. The van der Waals surface area contributed by atoms with Crippen LogP contribution in [0.3, 0.4) is 0 Å². The van der Waals surface area contributed by atoms with Crippen molar-refractivity contribution < 1.29 is 47.9 Å². The lowest BCUT2D eigenvalue weighted by molar-refractivity contribution is -0.421. The first kappa shape index (κ1) is 33.4. The Labute approximate surface area is 285 Å². The van der Waals surface area contributed by atoms with Gasteiger partial charge in [0.15, 0.2) is 17.3 Å². The molecule has 2 saturated heterocycles. The summed E-state index contributed by atoms with van der Waals surface area (Å²) in [7, 11) is 1.44. The molecule has 7 rings (SSSR count). The zero-order valence-corrected chi connectivity index (χ0v) is 28.4. The van der Waals surface area contributed by atoms with Crippen molar-refractivity contribution in [2.45, 2.75) is 82.3 Å². The first-order chi connectivity index (χ1) is 23.2. The number of carbonyl (C=O) groups excluding carboxylic acids is 3. The van der Waals surface area contributed by atoms with Crippen LogP contribution in [0.1, 0.15) is 51.7 Å². The van der Waals surface area contributed by atoms with Gasteiger partial charge in [0.2, 0.25) is 0 Å². The second-order valence-electron chi connectivity index (χ2n) is 14.2. The molecule has 2 aromatic carbocycles. The van der Waals surface area contributed by atoms with Crippen LogP contribution in [0.4, 0.5) is 0 Å². The molecule has 8 atom stereocenters. The van der Waals surface area contributed by atoms with Crippen LogP contribution >= 0.6 is 0 Å². The van der Waals surface area contributed by atoms with Gasteiger partial charge in [-0.05, 0) is 66.2 Å². The predicted octanol–water partition coefficient (Wildman–Crippen LogP) is 4.96. The molecule has 3 aliphatic carbocycles. The number of ether oxygens (including phenoxy) is 6. The Bertz CT molecular complexity index is 1800. The highest BCUT2D eigenvalue weighted by molar-refractivity contribution is 6.04. The molecule has 0 aromatic heterocycles. The summed E-state index contributed by atoms with van der Waals surface area (Å²) >= 11 is 0. The van der Waals surface area contributed by atoms with Gasteiger partial charge in [-0.25, -0.2) is 0 Å². The van der Waals surface area contributed by atoms with Crippen molar-refractivity contribution in [3.8, 4) is 11.5 Å². The lowest BCUT2D eigenvalue weighted by Crippen LogP contribution is -2.70. The quantitative estimate of drug-likeness (QED) is 0.222. The van der Waals surface area contributed by atoms with E-state index in [1.54, 1.807) is 25.1 Å². The number of benzene rings is 2.